The first-order valence-electron chi connectivity index (χ1n) is 16.4. The van der Waals surface area contributed by atoms with Crippen LogP contribution in [-0.2, 0) is 20.9 Å². The second-order valence-corrected chi connectivity index (χ2v) is 13.7. The lowest BCUT2D eigenvalue weighted by molar-refractivity contribution is -0.884. The number of carboxylic acids is 1. The monoisotopic (exact) mass is 637 g/mol. The SMILES string of the molecule is CCCCN(C(=O)CN1C[C@H](c2cc(OC)c3c(c2)OCO3)[C@@H](C(=O)O)[C@@H]1CCN1CCCC1=O)c1cccc(C[N+](C)(C)C)c1. The van der Waals surface area contributed by atoms with Gasteiger partial charge in [0.2, 0.25) is 24.4 Å². The Hall–Kier alpha value is -3.83. The quantitative estimate of drug-likeness (QED) is 0.311. The Bertz CT molecular complexity index is 1420. The maximum Gasteiger partial charge on any atom is 0.308 e. The molecule has 3 aliphatic rings. The Morgan fingerprint density at radius 1 is 1.15 bits per heavy atom. The van der Waals surface area contributed by atoms with Crippen molar-refractivity contribution >= 4 is 23.5 Å². The highest BCUT2D eigenvalue weighted by molar-refractivity contribution is 5.95. The second-order valence-electron chi connectivity index (χ2n) is 13.7. The predicted molar refractivity (Wildman–Crippen MR) is 174 cm³/mol. The number of fused-ring (bicyclic) bond motifs is 1. The van der Waals surface area contributed by atoms with Crippen molar-refractivity contribution in [3.63, 3.8) is 0 Å². The van der Waals surface area contributed by atoms with E-state index >= 15 is 0 Å². The van der Waals surface area contributed by atoms with Crippen LogP contribution in [0.5, 0.6) is 17.2 Å². The van der Waals surface area contributed by atoms with E-state index in [9.17, 15) is 19.5 Å². The minimum atomic E-state index is -0.926. The largest absolute Gasteiger partial charge is 0.493 e. The van der Waals surface area contributed by atoms with E-state index in [1.54, 1.807) is 7.11 Å². The van der Waals surface area contributed by atoms with Crippen LogP contribution in [0.15, 0.2) is 36.4 Å². The topological polar surface area (TPSA) is 109 Å². The fraction of sp³-hybridized carbons (Fsp3) is 0.571. The van der Waals surface area contributed by atoms with Crippen molar-refractivity contribution in [2.75, 3.05) is 72.7 Å². The zero-order valence-corrected chi connectivity index (χ0v) is 27.9. The summed E-state index contributed by atoms with van der Waals surface area (Å²) in [5.41, 5.74) is 2.77. The number of hydrogen-bond acceptors (Lipinski definition) is 7. The number of likely N-dealkylation sites (tertiary alicyclic amines) is 2. The lowest BCUT2D eigenvalue weighted by atomic mass is 9.84. The van der Waals surface area contributed by atoms with Crippen LogP contribution >= 0.6 is 0 Å². The van der Waals surface area contributed by atoms with E-state index < -0.39 is 23.8 Å². The smallest absolute Gasteiger partial charge is 0.308 e. The van der Waals surface area contributed by atoms with Gasteiger partial charge in [-0.3, -0.25) is 19.3 Å². The number of methoxy groups -OCH3 is 1. The van der Waals surface area contributed by atoms with Crippen molar-refractivity contribution in [3.05, 3.63) is 47.5 Å². The molecule has 0 unspecified atom stereocenters. The van der Waals surface area contributed by atoms with Gasteiger partial charge in [-0.05, 0) is 49.1 Å². The molecule has 2 saturated heterocycles. The summed E-state index contributed by atoms with van der Waals surface area (Å²) >= 11 is 0. The lowest BCUT2D eigenvalue weighted by Crippen LogP contribution is -2.45. The van der Waals surface area contributed by atoms with Crippen LogP contribution in [0.25, 0.3) is 0 Å². The Kier molecular flexibility index (Phi) is 10.4. The number of hydrogen-bond donors (Lipinski definition) is 1. The van der Waals surface area contributed by atoms with E-state index in [1.165, 1.54) is 0 Å². The summed E-state index contributed by atoms with van der Waals surface area (Å²) in [5.74, 6) is -0.599. The van der Waals surface area contributed by atoms with Crippen LogP contribution in [0, 0.1) is 5.92 Å². The van der Waals surface area contributed by atoms with Crippen LogP contribution in [0.2, 0.25) is 0 Å². The molecule has 0 spiro atoms. The summed E-state index contributed by atoms with van der Waals surface area (Å²) in [4.78, 5) is 45.5. The van der Waals surface area contributed by atoms with E-state index in [2.05, 4.69) is 40.2 Å². The Balaban J connectivity index is 1.46. The van der Waals surface area contributed by atoms with Gasteiger partial charge in [-0.25, -0.2) is 0 Å². The molecule has 0 aromatic heterocycles. The normalized spacial score (nSPS) is 21.2. The number of ether oxygens (including phenoxy) is 3. The van der Waals surface area contributed by atoms with Crippen LogP contribution in [0.3, 0.4) is 0 Å². The molecule has 1 N–H and O–H groups in total. The van der Waals surface area contributed by atoms with Crippen molar-refractivity contribution in [2.24, 2.45) is 5.92 Å². The van der Waals surface area contributed by atoms with Crippen LogP contribution in [0.4, 0.5) is 5.69 Å². The van der Waals surface area contributed by atoms with Gasteiger partial charge in [0.25, 0.3) is 0 Å². The highest BCUT2D eigenvalue weighted by atomic mass is 16.7. The van der Waals surface area contributed by atoms with Crippen LogP contribution in [0.1, 0.15) is 56.1 Å². The molecule has 46 heavy (non-hydrogen) atoms. The maximum absolute atomic E-state index is 14.2. The molecule has 3 aliphatic heterocycles. The predicted octanol–water partition coefficient (Wildman–Crippen LogP) is 3.94. The molecule has 11 heteroatoms. The Morgan fingerprint density at radius 3 is 2.63 bits per heavy atom. The van der Waals surface area contributed by atoms with Gasteiger partial charge >= 0.3 is 5.97 Å². The molecule has 250 valence electrons. The molecular weight excluding hydrogens is 588 g/mol. The number of nitrogens with zero attached hydrogens (tertiary/aromatic N) is 4. The van der Waals surface area contributed by atoms with E-state index in [-0.39, 0.29) is 25.2 Å². The third-order valence-corrected chi connectivity index (χ3v) is 9.26. The molecule has 2 aromatic carbocycles. The van der Waals surface area contributed by atoms with Crippen LogP contribution < -0.4 is 19.1 Å². The highest BCUT2D eigenvalue weighted by Crippen LogP contribution is 2.47. The fourth-order valence-electron chi connectivity index (χ4n) is 7.13. The standard InChI is InChI=1S/C35H48N4O7/c1-6-7-15-38(26-11-8-10-24(17-26)22-39(2,3)4)32(41)21-37-20-27(25-18-29(44-5)34-30(19-25)45-23-46-34)33(35(42)43)28(37)13-16-36-14-9-12-31(36)40/h8,10-11,17-19,27-28,33H,6-7,9,12-16,20-23H2,1-5H3/p+1/t27-,28+,33-/m1/s1. The molecule has 2 aromatic rings. The molecule has 11 nitrogen and oxygen atoms in total. The Morgan fingerprint density at radius 2 is 1.96 bits per heavy atom. The zero-order valence-electron chi connectivity index (χ0n) is 27.9. The van der Waals surface area contributed by atoms with Crippen molar-refractivity contribution in [2.45, 2.75) is 57.5 Å². The molecule has 0 saturated carbocycles. The van der Waals surface area contributed by atoms with Gasteiger partial charge in [0.05, 0.1) is 40.7 Å². The van der Waals surface area contributed by atoms with Gasteiger partial charge in [0.15, 0.2) is 11.5 Å². The third-order valence-electron chi connectivity index (χ3n) is 9.26. The molecule has 3 heterocycles. The van der Waals surface area contributed by atoms with E-state index in [1.807, 2.05) is 39.0 Å². The summed E-state index contributed by atoms with van der Waals surface area (Å²) in [6.45, 7) is 5.16. The van der Waals surface area contributed by atoms with Crippen molar-refractivity contribution < 1.29 is 38.2 Å². The van der Waals surface area contributed by atoms with Gasteiger partial charge in [-0.15, -0.1) is 0 Å². The summed E-state index contributed by atoms with van der Waals surface area (Å²) in [5, 5.41) is 10.7. The molecule has 0 bridgehead atoms. The van der Waals surface area contributed by atoms with Gasteiger partial charge in [-0.2, -0.15) is 0 Å². The van der Waals surface area contributed by atoms with Gasteiger partial charge in [-0.1, -0.05) is 25.5 Å². The number of unbranched alkanes of at least 4 members (excludes halogenated alkanes) is 1. The van der Waals surface area contributed by atoms with Gasteiger partial charge < -0.3 is 33.6 Å². The lowest BCUT2D eigenvalue weighted by Gasteiger charge is -2.31. The van der Waals surface area contributed by atoms with Crippen molar-refractivity contribution in [1.29, 1.82) is 0 Å². The molecule has 5 rings (SSSR count). The number of carbonyl (C=O) groups excluding carboxylic acids is 2. The summed E-state index contributed by atoms with van der Waals surface area (Å²) < 4.78 is 17.6. The number of carbonyl (C=O) groups is 3. The number of quaternary nitrogens is 1. The molecule has 2 fully saturated rings. The average molecular weight is 638 g/mol. The van der Waals surface area contributed by atoms with E-state index in [4.69, 9.17) is 14.2 Å². The Labute approximate surface area is 272 Å². The number of anilines is 1. The number of carboxylic acid groups (broad SMARTS) is 1. The summed E-state index contributed by atoms with van der Waals surface area (Å²) in [7, 11) is 7.97. The number of amides is 2. The zero-order chi connectivity index (χ0) is 33.0. The molecule has 2 amide bonds. The summed E-state index contributed by atoms with van der Waals surface area (Å²) in [6, 6.07) is 11.4. The number of benzene rings is 2. The minimum Gasteiger partial charge on any atom is -0.493 e. The molecule has 3 atom stereocenters. The van der Waals surface area contributed by atoms with Crippen molar-refractivity contribution in [3.8, 4) is 17.2 Å². The van der Waals surface area contributed by atoms with E-state index in [0.717, 1.165) is 47.1 Å². The van der Waals surface area contributed by atoms with E-state index in [0.29, 0.717) is 56.3 Å². The highest BCUT2D eigenvalue weighted by Gasteiger charge is 2.48. The maximum atomic E-state index is 14.2. The molecule has 0 aliphatic carbocycles. The first-order chi connectivity index (χ1) is 22.0. The second kappa shape index (κ2) is 14.3. The minimum absolute atomic E-state index is 0.0637. The first kappa shape index (κ1) is 33.5. The summed E-state index contributed by atoms with van der Waals surface area (Å²) in [6.07, 6.45) is 3.58. The third kappa shape index (κ3) is 7.58. The van der Waals surface area contributed by atoms with Crippen LogP contribution in [-0.4, -0.2) is 111 Å². The van der Waals surface area contributed by atoms with Crippen molar-refractivity contribution in [1.82, 2.24) is 9.80 Å². The number of aliphatic carboxylic acids is 1. The molecular formula is C35H49N4O7+. The average Bonchev–Trinajstić information content (AvgIpc) is 3.73. The fourth-order valence-corrected chi connectivity index (χ4v) is 7.13. The molecule has 0 radical (unpaired) electrons. The van der Waals surface area contributed by atoms with Gasteiger partial charge in [0, 0.05) is 55.8 Å². The number of rotatable bonds is 14. The van der Waals surface area contributed by atoms with Gasteiger partial charge in [0.1, 0.15) is 6.54 Å². The first-order valence-corrected chi connectivity index (χ1v) is 16.4.